The minimum absolute atomic E-state index is 0.342. The average Bonchev–Trinajstić information content (AvgIpc) is 2.66. The van der Waals surface area contributed by atoms with Gasteiger partial charge in [0.1, 0.15) is 0 Å². The van der Waals surface area contributed by atoms with Gasteiger partial charge in [0.15, 0.2) is 0 Å². The number of benzene rings is 1. The number of tetrazole rings is 1. The molecule has 0 aliphatic carbocycles. The molecular formula is C10H13N5. The summed E-state index contributed by atoms with van der Waals surface area (Å²) < 4.78 is 1.57. The van der Waals surface area contributed by atoms with Crippen molar-refractivity contribution < 1.29 is 0 Å². The van der Waals surface area contributed by atoms with Gasteiger partial charge in [-0.05, 0) is 28.0 Å². The summed E-state index contributed by atoms with van der Waals surface area (Å²) in [5.74, 6) is 0.342. The summed E-state index contributed by atoms with van der Waals surface area (Å²) in [4.78, 5) is 0. The van der Waals surface area contributed by atoms with E-state index in [9.17, 15) is 0 Å². The highest BCUT2D eigenvalue weighted by molar-refractivity contribution is 5.23. The van der Waals surface area contributed by atoms with Crippen molar-refractivity contribution in [3.8, 4) is 0 Å². The lowest BCUT2D eigenvalue weighted by atomic mass is 10.1. The van der Waals surface area contributed by atoms with Crippen LogP contribution >= 0.6 is 0 Å². The van der Waals surface area contributed by atoms with Crippen LogP contribution in [0, 0.1) is 0 Å². The van der Waals surface area contributed by atoms with E-state index in [2.05, 4.69) is 46.7 Å². The third-order valence-corrected chi connectivity index (χ3v) is 2.32. The van der Waals surface area contributed by atoms with Gasteiger partial charge in [0.25, 0.3) is 0 Å². The molecule has 2 aromatic rings. The predicted molar refractivity (Wildman–Crippen MR) is 57.2 cm³/mol. The molecule has 0 unspecified atom stereocenters. The van der Waals surface area contributed by atoms with Crippen LogP contribution in [0.2, 0.25) is 0 Å². The average molecular weight is 203 g/mol. The smallest absolute Gasteiger partial charge is 0.240 e. The number of rotatable bonds is 3. The number of aryl methyl sites for hydroxylation is 1. The Kier molecular flexibility index (Phi) is 2.62. The highest BCUT2D eigenvalue weighted by Crippen LogP contribution is 2.07. The van der Waals surface area contributed by atoms with Gasteiger partial charge in [-0.15, -0.1) is 0 Å². The number of hydrogen-bond acceptors (Lipinski definition) is 4. The van der Waals surface area contributed by atoms with E-state index in [1.54, 1.807) is 4.68 Å². The Morgan fingerprint density at radius 2 is 1.87 bits per heavy atom. The molecule has 0 amide bonds. The fourth-order valence-electron chi connectivity index (χ4n) is 1.38. The summed E-state index contributed by atoms with van der Waals surface area (Å²) in [6.07, 6.45) is 1.05. The van der Waals surface area contributed by atoms with Crippen molar-refractivity contribution in [3.05, 3.63) is 35.4 Å². The molecule has 1 heterocycles. The maximum absolute atomic E-state index is 5.57. The summed E-state index contributed by atoms with van der Waals surface area (Å²) in [6, 6.07) is 8.35. The van der Waals surface area contributed by atoms with Crippen LogP contribution in [-0.4, -0.2) is 20.2 Å². The normalized spacial score (nSPS) is 10.5. The molecule has 5 nitrogen and oxygen atoms in total. The molecule has 0 spiro atoms. The number of aromatic nitrogens is 4. The number of hydrogen-bond donors (Lipinski definition) is 1. The number of nitrogen functional groups attached to an aromatic ring is 1. The zero-order valence-corrected chi connectivity index (χ0v) is 8.59. The number of nitrogens with zero attached hydrogens (tertiary/aromatic N) is 4. The zero-order chi connectivity index (χ0) is 10.7. The van der Waals surface area contributed by atoms with Gasteiger partial charge in [-0.2, -0.15) is 0 Å². The first-order valence-electron chi connectivity index (χ1n) is 4.89. The Morgan fingerprint density at radius 3 is 2.40 bits per heavy atom. The second kappa shape index (κ2) is 4.08. The van der Waals surface area contributed by atoms with E-state index >= 15 is 0 Å². The third kappa shape index (κ3) is 2.12. The summed E-state index contributed by atoms with van der Waals surface area (Å²) in [6.45, 7) is 2.75. The summed E-state index contributed by atoms with van der Waals surface area (Å²) in [5, 5.41) is 10.9. The van der Waals surface area contributed by atoms with Crippen molar-refractivity contribution in [3.63, 3.8) is 0 Å². The second-order valence-corrected chi connectivity index (χ2v) is 3.36. The van der Waals surface area contributed by atoms with Gasteiger partial charge in [0.05, 0.1) is 6.54 Å². The predicted octanol–water partition coefficient (Wildman–Crippen LogP) is 0.866. The first kappa shape index (κ1) is 9.64. The van der Waals surface area contributed by atoms with Crippen LogP contribution in [0.4, 0.5) is 5.95 Å². The first-order valence-corrected chi connectivity index (χ1v) is 4.89. The van der Waals surface area contributed by atoms with Crippen molar-refractivity contribution in [1.82, 2.24) is 20.2 Å². The van der Waals surface area contributed by atoms with Crippen LogP contribution in [0.3, 0.4) is 0 Å². The van der Waals surface area contributed by atoms with Crippen molar-refractivity contribution in [2.45, 2.75) is 19.9 Å². The van der Waals surface area contributed by atoms with Gasteiger partial charge in [0.2, 0.25) is 5.95 Å². The van der Waals surface area contributed by atoms with Crippen LogP contribution < -0.4 is 5.73 Å². The molecule has 0 bridgehead atoms. The monoisotopic (exact) mass is 203 g/mol. The van der Waals surface area contributed by atoms with E-state index in [1.165, 1.54) is 5.56 Å². The fourth-order valence-corrected chi connectivity index (χ4v) is 1.38. The van der Waals surface area contributed by atoms with E-state index in [4.69, 9.17) is 5.73 Å². The molecule has 0 atom stereocenters. The van der Waals surface area contributed by atoms with E-state index in [1.807, 2.05) is 0 Å². The first-order chi connectivity index (χ1) is 7.29. The van der Waals surface area contributed by atoms with Gasteiger partial charge >= 0.3 is 0 Å². The SMILES string of the molecule is CCc1ccc(Cn2nnnc2N)cc1. The Balaban J connectivity index is 2.14. The molecule has 15 heavy (non-hydrogen) atoms. The largest absolute Gasteiger partial charge is 0.367 e. The van der Waals surface area contributed by atoms with Crippen LogP contribution in [0.5, 0.6) is 0 Å². The summed E-state index contributed by atoms with van der Waals surface area (Å²) >= 11 is 0. The Labute approximate surface area is 87.9 Å². The van der Waals surface area contributed by atoms with Crippen molar-refractivity contribution in [2.75, 3.05) is 5.73 Å². The molecule has 2 rings (SSSR count). The number of nitrogens with two attached hydrogens (primary N) is 1. The molecule has 2 N–H and O–H groups in total. The summed E-state index contributed by atoms with van der Waals surface area (Å²) in [7, 11) is 0. The van der Waals surface area contributed by atoms with Crippen molar-refractivity contribution >= 4 is 5.95 Å². The van der Waals surface area contributed by atoms with Crippen molar-refractivity contribution in [2.24, 2.45) is 0 Å². The molecule has 0 aliphatic rings. The maximum atomic E-state index is 5.57. The Hall–Kier alpha value is -1.91. The molecular weight excluding hydrogens is 190 g/mol. The molecule has 0 aliphatic heterocycles. The third-order valence-electron chi connectivity index (χ3n) is 2.32. The van der Waals surface area contributed by atoms with Crippen LogP contribution in [0.15, 0.2) is 24.3 Å². The highest BCUT2D eigenvalue weighted by atomic mass is 15.6. The van der Waals surface area contributed by atoms with Crippen LogP contribution in [-0.2, 0) is 13.0 Å². The molecule has 1 aromatic heterocycles. The van der Waals surface area contributed by atoms with Crippen LogP contribution in [0.1, 0.15) is 18.1 Å². The van der Waals surface area contributed by atoms with E-state index in [0.717, 1.165) is 12.0 Å². The van der Waals surface area contributed by atoms with Gasteiger partial charge in [-0.3, -0.25) is 0 Å². The summed E-state index contributed by atoms with van der Waals surface area (Å²) in [5.41, 5.74) is 8.04. The minimum atomic E-state index is 0.342. The van der Waals surface area contributed by atoms with Gasteiger partial charge in [-0.1, -0.05) is 36.3 Å². The highest BCUT2D eigenvalue weighted by Gasteiger charge is 2.01. The van der Waals surface area contributed by atoms with Gasteiger partial charge in [-0.25, -0.2) is 4.68 Å². The maximum Gasteiger partial charge on any atom is 0.240 e. The van der Waals surface area contributed by atoms with Gasteiger partial charge in [0, 0.05) is 0 Å². The Bertz CT molecular complexity index is 431. The van der Waals surface area contributed by atoms with E-state index < -0.39 is 0 Å². The topological polar surface area (TPSA) is 69.6 Å². The lowest BCUT2D eigenvalue weighted by Crippen LogP contribution is -2.06. The zero-order valence-electron chi connectivity index (χ0n) is 8.59. The molecule has 0 saturated carbocycles. The van der Waals surface area contributed by atoms with Crippen LogP contribution in [0.25, 0.3) is 0 Å². The molecule has 1 aromatic carbocycles. The molecule has 78 valence electrons. The molecule has 0 fully saturated rings. The van der Waals surface area contributed by atoms with E-state index in [-0.39, 0.29) is 0 Å². The quantitative estimate of drug-likeness (QED) is 0.803. The molecule has 0 saturated heterocycles. The molecule has 5 heteroatoms. The number of anilines is 1. The standard InChI is InChI=1S/C10H13N5/c1-2-8-3-5-9(6-4-8)7-15-10(11)12-13-14-15/h3-6H,2,7H2,1H3,(H2,11,12,14). The van der Waals surface area contributed by atoms with E-state index in [0.29, 0.717) is 12.5 Å². The minimum Gasteiger partial charge on any atom is -0.367 e. The lowest BCUT2D eigenvalue weighted by Gasteiger charge is -2.02. The molecule has 0 radical (unpaired) electrons. The van der Waals surface area contributed by atoms with Gasteiger partial charge < -0.3 is 5.73 Å². The lowest BCUT2D eigenvalue weighted by molar-refractivity contribution is 0.655. The fraction of sp³-hybridized carbons (Fsp3) is 0.300. The second-order valence-electron chi connectivity index (χ2n) is 3.36. The Morgan fingerprint density at radius 1 is 1.20 bits per heavy atom. The van der Waals surface area contributed by atoms with Crippen molar-refractivity contribution in [1.29, 1.82) is 0 Å².